The predicted octanol–water partition coefficient (Wildman–Crippen LogP) is 4.29. The molecule has 0 fully saturated rings. The average Bonchev–Trinajstić information content (AvgIpc) is 2.65. The van der Waals surface area contributed by atoms with Crippen LogP contribution < -0.4 is 5.32 Å². The zero-order valence-electron chi connectivity index (χ0n) is 17.1. The number of aliphatic hydroxyl groups is 1. The van der Waals surface area contributed by atoms with E-state index in [0.29, 0.717) is 28.8 Å². The number of anilines is 1. The number of nitrogens with one attached hydrogen (secondary N) is 1. The summed E-state index contributed by atoms with van der Waals surface area (Å²) in [5, 5.41) is 12.6. The van der Waals surface area contributed by atoms with Gasteiger partial charge in [0.25, 0.3) is 0 Å². The maximum absolute atomic E-state index is 14.3. The summed E-state index contributed by atoms with van der Waals surface area (Å²) in [7, 11) is 1.61. The molecule has 0 atom stereocenters. The van der Waals surface area contributed by atoms with Crippen molar-refractivity contribution in [2.24, 2.45) is 4.99 Å². The fourth-order valence-corrected chi connectivity index (χ4v) is 2.86. The maximum Gasteiger partial charge on any atom is 0.248 e. The molecule has 152 valence electrons. The third-order valence-electron chi connectivity index (χ3n) is 4.07. The van der Waals surface area contributed by atoms with Crippen LogP contribution in [0.3, 0.4) is 0 Å². The van der Waals surface area contributed by atoms with Crippen molar-refractivity contribution in [2.75, 3.05) is 12.4 Å². The van der Waals surface area contributed by atoms with Gasteiger partial charge in [-0.05, 0) is 50.1 Å². The Balaban J connectivity index is 2.15. The monoisotopic (exact) mass is 395 g/mol. The first kappa shape index (κ1) is 22.2. The molecule has 2 N–H and O–H groups in total. The van der Waals surface area contributed by atoms with E-state index in [1.807, 2.05) is 12.1 Å². The summed E-state index contributed by atoms with van der Waals surface area (Å²) in [4.78, 5) is 20.1. The largest absolute Gasteiger partial charge is 0.390 e. The number of nitrogens with zero attached hydrogens (tertiary/aromatic N) is 2. The Morgan fingerprint density at radius 1 is 1.28 bits per heavy atom. The number of hydrogen-bond acceptors (Lipinski definition) is 4. The van der Waals surface area contributed by atoms with Gasteiger partial charge in [-0.15, -0.1) is 0 Å². The van der Waals surface area contributed by atoms with Gasteiger partial charge in [0.15, 0.2) is 0 Å². The van der Waals surface area contributed by atoms with Crippen molar-refractivity contribution in [2.45, 2.75) is 32.8 Å². The van der Waals surface area contributed by atoms with Gasteiger partial charge in [0, 0.05) is 48.8 Å². The summed E-state index contributed by atoms with van der Waals surface area (Å²) >= 11 is 0. The standard InChI is InChI=1S/C23H26FN3O2/c1-5-17(13-25-4)22-18(14-26-15-20(22)24)8-11-21(28)27-19-9-6-16(7-10-19)12-23(2,3)29/h5-11,13-15,29H,12H2,1-4H3,(H,27,28)/b11-8+,17-5+,25-13-. The molecule has 29 heavy (non-hydrogen) atoms. The molecule has 0 saturated carbocycles. The Bertz CT molecular complexity index is 940. The smallest absolute Gasteiger partial charge is 0.248 e. The molecule has 5 nitrogen and oxygen atoms in total. The Morgan fingerprint density at radius 2 is 1.97 bits per heavy atom. The SMILES string of the molecule is C/C=C(\C=N/C)c1c(F)cncc1/C=C/C(=O)Nc1ccc(CC(C)(C)O)cc1. The summed E-state index contributed by atoms with van der Waals surface area (Å²) < 4.78 is 14.3. The van der Waals surface area contributed by atoms with E-state index in [4.69, 9.17) is 0 Å². The highest BCUT2D eigenvalue weighted by Gasteiger charge is 2.13. The maximum atomic E-state index is 14.3. The van der Waals surface area contributed by atoms with Crippen LogP contribution in [0.5, 0.6) is 0 Å². The van der Waals surface area contributed by atoms with Crippen molar-refractivity contribution in [3.63, 3.8) is 0 Å². The number of aromatic nitrogens is 1. The molecule has 0 saturated heterocycles. The molecule has 0 radical (unpaired) electrons. The summed E-state index contributed by atoms with van der Waals surface area (Å²) in [6, 6.07) is 7.26. The number of carbonyl (C=O) groups is 1. The summed E-state index contributed by atoms with van der Waals surface area (Å²) in [5.74, 6) is -0.829. The van der Waals surface area contributed by atoms with Gasteiger partial charge in [0.2, 0.25) is 5.91 Å². The van der Waals surface area contributed by atoms with Gasteiger partial charge in [-0.3, -0.25) is 14.8 Å². The second-order valence-electron chi connectivity index (χ2n) is 7.23. The van der Waals surface area contributed by atoms with Crippen LogP contribution in [0.4, 0.5) is 10.1 Å². The molecule has 1 heterocycles. The number of allylic oxidation sites excluding steroid dienone is 2. The van der Waals surface area contributed by atoms with Crippen LogP contribution in [0.15, 0.2) is 53.8 Å². The van der Waals surface area contributed by atoms with Crippen molar-refractivity contribution >= 4 is 29.5 Å². The number of rotatable bonds is 7. The number of aliphatic imine (C=N–C) groups is 1. The van der Waals surface area contributed by atoms with E-state index in [1.54, 1.807) is 52.2 Å². The molecule has 0 spiro atoms. The molecule has 2 aromatic rings. The van der Waals surface area contributed by atoms with Crippen LogP contribution in [0.2, 0.25) is 0 Å². The Labute approximate surface area is 170 Å². The van der Waals surface area contributed by atoms with E-state index in [1.165, 1.54) is 18.3 Å². The number of hydrogen-bond donors (Lipinski definition) is 2. The van der Waals surface area contributed by atoms with E-state index in [9.17, 15) is 14.3 Å². The first-order valence-corrected chi connectivity index (χ1v) is 9.26. The van der Waals surface area contributed by atoms with Gasteiger partial charge in [0.1, 0.15) is 5.82 Å². The molecule has 0 unspecified atom stereocenters. The zero-order valence-corrected chi connectivity index (χ0v) is 17.1. The van der Waals surface area contributed by atoms with Gasteiger partial charge in [-0.25, -0.2) is 4.39 Å². The Morgan fingerprint density at radius 3 is 2.55 bits per heavy atom. The number of amides is 1. The molecular weight excluding hydrogens is 369 g/mol. The molecule has 0 aliphatic carbocycles. The van der Waals surface area contributed by atoms with Gasteiger partial charge >= 0.3 is 0 Å². The van der Waals surface area contributed by atoms with Crippen LogP contribution >= 0.6 is 0 Å². The van der Waals surface area contributed by atoms with E-state index >= 15 is 0 Å². The van der Waals surface area contributed by atoms with Crippen LogP contribution in [-0.2, 0) is 11.2 Å². The van der Waals surface area contributed by atoms with Gasteiger partial charge in [-0.1, -0.05) is 18.2 Å². The quantitative estimate of drug-likeness (QED) is 0.542. The lowest BCUT2D eigenvalue weighted by molar-refractivity contribution is -0.111. The van der Waals surface area contributed by atoms with Crippen LogP contribution in [0.1, 0.15) is 37.5 Å². The fourth-order valence-electron chi connectivity index (χ4n) is 2.86. The lowest BCUT2D eigenvalue weighted by Crippen LogP contribution is -2.21. The lowest BCUT2D eigenvalue weighted by Gasteiger charge is -2.17. The highest BCUT2D eigenvalue weighted by Crippen LogP contribution is 2.22. The van der Waals surface area contributed by atoms with Gasteiger partial charge in [-0.2, -0.15) is 0 Å². The minimum Gasteiger partial charge on any atom is -0.390 e. The second kappa shape index (κ2) is 9.89. The molecule has 0 aliphatic heterocycles. The highest BCUT2D eigenvalue weighted by molar-refractivity contribution is 6.11. The molecule has 1 amide bonds. The lowest BCUT2D eigenvalue weighted by atomic mass is 9.99. The number of benzene rings is 1. The second-order valence-corrected chi connectivity index (χ2v) is 7.23. The number of carbonyl (C=O) groups excluding carboxylic acids is 1. The highest BCUT2D eigenvalue weighted by atomic mass is 19.1. The minimum absolute atomic E-state index is 0.341. The first-order valence-electron chi connectivity index (χ1n) is 9.26. The Kier molecular flexibility index (Phi) is 7.56. The zero-order chi connectivity index (χ0) is 21.4. The molecule has 1 aromatic carbocycles. The summed E-state index contributed by atoms with van der Waals surface area (Å²) in [5.41, 5.74) is 2.23. The first-order chi connectivity index (χ1) is 13.7. The third-order valence-corrected chi connectivity index (χ3v) is 4.07. The van der Waals surface area contributed by atoms with E-state index in [-0.39, 0.29) is 5.91 Å². The molecule has 0 bridgehead atoms. The molecule has 0 aliphatic rings. The molecule has 2 rings (SSSR count). The van der Waals surface area contributed by atoms with Crippen molar-refractivity contribution < 1.29 is 14.3 Å². The Hall–Kier alpha value is -3.12. The van der Waals surface area contributed by atoms with Crippen LogP contribution in [0, 0.1) is 5.82 Å². The summed E-state index contributed by atoms with van der Waals surface area (Å²) in [6.07, 6.45) is 9.32. The van der Waals surface area contributed by atoms with E-state index < -0.39 is 11.4 Å². The normalized spacial score (nSPS) is 12.7. The van der Waals surface area contributed by atoms with Crippen molar-refractivity contribution in [3.05, 3.63) is 71.3 Å². The fraction of sp³-hybridized carbons (Fsp3) is 0.261. The summed E-state index contributed by atoms with van der Waals surface area (Å²) in [6.45, 7) is 5.28. The number of halogens is 1. The average molecular weight is 395 g/mol. The molecular formula is C23H26FN3O2. The molecule has 1 aromatic heterocycles. The topological polar surface area (TPSA) is 74.6 Å². The molecule has 6 heteroatoms. The van der Waals surface area contributed by atoms with Crippen LogP contribution in [-0.4, -0.2) is 34.9 Å². The van der Waals surface area contributed by atoms with E-state index in [0.717, 1.165) is 11.8 Å². The van der Waals surface area contributed by atoms with Crippen molar-refractivity contribution in [3.8, 4) is 0 Å². The third kappa shape index (κ3) is 6.76. The predicted molar refractivity (Wildman–Crippen MR) is 116 cm³/mol. The number of pyridine rings is 1. The van der Waals surface area contributed by atoms with Crippen molar-refractivity contribution in [1.29, 1.82) is 0 Å². The van der Waals surface area contributed by atoms with Crippen molar-refractivity contribution in [1.82, 2.24) is 4.98 Å². The van der Waals surface area contributed by atoms with Gasteiger partial charge < -0.3 is 10.4 Å². The minimum atomic E-state index is -0.793. The van der Waals surface area contributed by atoms with Gasteiger partial charge in [0.05, 0.1) is 11.8 Å². The van der Waals surface area contributed by atoms with Crippen LogP contribution in [0.25, 0.3) is 11.6 Å². The van der Waals surface area contributed by atoms with E-state index in [2.05, 4.69) is 15.3 Å².